The van der Waals surface area contributed by atoms with Crippen molar-refractivity contribution in [1.82, 2.24) is 5.32 Å². The van der Waals surface area contributed by atoms with Crippen LogP contribution >= 0.6 is 11.8 Å². The molecule has 2 N–H and O–H groups in total. The molecule has 0 spiro atoms. The molecule has 1 aliphatic heterocycles. The van der Waals surface area contributed by atoms with Crippen LogP contribution in [-0.4, -0.2) is 51.3 Å². The number of hydrogen-bond acceptors (Lipinski definition) is 6. The van der Waals surface area contributed by atoms with E-state index >= 15 is 0 Å². The smallest absolute Gasteiger partial charge is 0.242 e. The van der Waals surface area contributed by atoms with Gasteiger partial charge in [-0.15, -0.1) is 0 Å². The number of rotatable bonds is 5. The van der Waals surface area contributed by atoms with Crippen LogP contribution in [0.1, 0.15) is 0 Å². The Morgan fingerprint density at radius 3 is 2.38 bits per heavy atom. The van der Waals surface area contributed by atoms with E-state index in [9.17, 15) is 4.79 Å². The first-order valence-corrected chi connectivity index (χ1v) is 7.77. The van der Waals surface area contributed by atoms with Crippen LogP contribution in [0.25, 0.3) is 0 Å². The van der Waals surface area contributed by atoms with E-state index in [1.54, 1.807) is 45.2 Å². The zero-order valence-electron chi connectivity index (χ0n) is 12.4. The van der Waals surface area contributed by atoms with Gasteiger partial charge in [0.25, 0.3) is 0 Å². The van der Waals surface area contributed by atoms with Gasteiger partial charge in [0, 0.05) is 35.9 Å². The van der Waals surface area contributed by atoms with Gasteiger partial charge in [-0.05, 0) is 0 Å². The summed E-state index contributed by atoms with van der Waals surface area (Å²) in [5, 5.41) is 6.08. The van der Waals surface area contributed by atoms with Crippen LogP contribution in [0.3, 0.4) is 0 Å². The number of amides is 1. The van der Waals surface area contributed by atoms with Gasteiger partial charge < -0.3 is 24.8 Å². The predicted octanol–water partition coefficient (Wildman–Crippen LogP) is 1.36. The van der Waals surface area contributed by atoms with Crippen LogP contribution in [0.4, 0.5) is 5.69 Å². The topological polar surface area (TPSA) is 68.8 Å². The van der Waals surface area contributed by atoms with Gasteiger partial charge in [0.2, 0.25) is 11.7 Å². The number of nitrogens with one attached hydrogen (secondary N) is 2. The Balaban J connectivity index is 2.17. The van der Waals surface area contributed by atoms with Gasteiger partial charge in [-0.1, -0.05) is 0 Å². The van der Waals surface area contributed by atoms with Crippen molar-refractivity contribution in [1.29, 1.82) is 0 Å². The lowest BCUT2D eigenvalue weighted by Gasteiger charge is -2.22. The Morgan fingerprint density at radius 1 is 1.24 bits per heavy atom. The molecule has 2 rings (SSSR count). The molecule has 1 amide bonds. The monoisotopic (exact) mass is 312 g/mol. The average Bonchev–Trinajstić information content (AvgIpc) is 2.54. The Labute approximate surface area is 128 Å². The van der Waals surface area contributed by atoms with E-state index in [1.165, 1.54) is 0 Å². The Morgan fingerprint density at radius 2 is 1.90 bits per heavy atom. The van der Waals surface area contributed by atoms with Crippen molar-refractivity contribution in [3.8, 4) is 17.2 Å². The molecule has 1 aromatic rings. The van der Waals surface area contributed by atoms with Crippen LogP contribution in [-0.2, 0) is 4.79 Å². The molecule has 1 fully saturated rings. The van der Waals surface area contributed by atoms with Crippen LogP contribution in [0.15, 0.2) is 12.1 Å². The fourth-order valence-electron chi connectivity index (χ4n) is 2.12. The lowest BCUT2D eigenvalue weighted by Crippen LogP contribution is -2.46. The van der Waals surface area contributed by atoms with E-state index in [0.717, 1.165) is 18.1 Å². The van der Waals surface area contributed by atoms with E-state index in [-0.39, 0.29) is 11.9 Å². The molecule has 0 aliphatic carbocycles. The first-order valence-electron chi connectivity index (χ1n) is 6.61. The quantitative estimate of drug-likeness (QED) is 0.855. The number of ether oxygens (including phenoxy) is 3. The highest BCUT2D eigenvalue weighted by molar-refractivity contribution is 7.99. The van der Waals surface area contributed by atoms with Crippen molar-refractivity contribution in [3.05, 3.63) is 12.1 Å². The van der Waals surface area contributed by atoms with Gasteiger partial charge in [-0.3, -0.25) is 4.79 Å². The number of carbonyl (C=O) groups is 1. The van der Waals surface area contributed by atoms with Crippen molar-refractivity contribution < 1.29 is 19.0 Å². The Kier molecular flexibility index (Phi) is 5.58. The highest BCUT2D eigenvalue weighted by atomic mass is 32.2. The summed E-state index contributed by atoms with van der Waals surface area (Å²) in [4.78, 5) is 12.2. The average molecular weight is 312 g/mol. The van der Waals surface area contributed by atoms with Crippen molar-refractivity contribution in [2.24, 2.45) is 0 Å². The number of hydrogen-bond donors (Lipinski definition) is 2. The van der Waals surface area contributed by atoms with Gasteiger partial charge in [0.1, 0.15) is 0 Å². The minimum absolute atomic E-state index is 0.0588. The number of thioether (sulfide) groups is 1. The number of methoxy groups -OCH3 is 3. The first kappa shape index (κ1) is 15.8. The van der Waals surface area contributed by atoms with E-state index in [4.69, 9.17) is 14.2 Å². The zero-order chi connectivity index (χ0) is 15.2. The van der Waals surface area contributed by atoms with Crippen molar-refractivity contribution in [2.45, 2.75) is 6.04 Å². The second kappa shape index (κ2) is 7.42. The van der Waals surface area contributed by atoms with E-state index < -0.39 is 0 Å². The largest absolute Gasteiger partial charge is 0.493 e. The summed E-state index contributed by atoms with van der Waals surface area (Å²) in [6.45, 7) is 0.845. The fraction of sp³-hybridized carbons (Fsp3) is 0.500. The van der Waals surface area contributed by atoms with Crippen LogP contribution in [0.2, 0.25) is 0 Å². The minimum atomic E-state index is -0.178. The van der Waals surface area contributed by atoms with Gasteiger partial charge >= 0.3 is 0 Å². The molecule has 1 atom stereocenters. The Bertz CT molecular complexity index is 479. The molecule has 7 heteroatoms. The molecular formula is C14H20N2O4S. The molecule has 1 unspecified atom stereocenters. The van der Waals surface area contributed by atoms with Crippen LogP contribution in [0.5, 0.6) is 17.2 Å². The maximum Gasteiger partial charge on any atom is 0.242 e. The molecule has 1 heterocycles. The maximum atomic E-state index is 12.2. The fourth-order valence-corrected chi connectivity index (χ4v) is 3.05. The summed E-state index contributed by atoms with van der Waals surface area (Å²) in [5.41, 5.74) is 0.617. The van der Waals surface area contributed by atoms with Crippen molar-refractivity contribution >= 4 is 23.4 Å². The van der Waals surface area contributed by atoms with Crippen LogP contribution in [0, 0.1) is 0 Å². The molecule has 0 radical (unpaired) electrons. The summed E-state index contributed by atoms with van der Waals surface area (Å²) < 4.78 is 15.8. The summed E-state index contributed by atoms with van der Waals surface area (Å²) in [6, 6.07) is 3.26. The van der Waals surface area contributed by atoms with Gasteiger partial charge in [0.05, 0.1) is 27.4 Å². The lowest BCUT2D eigenvalue weighted by molar-refractivity contribution is -0.117. The highest BCUT2D eigenvalue weighted by Gasteiger charge is 2.22. The van der Waals surface area contributed by atoms with Gasteiger partial charge in [0.15, 0.2) is 11.5 Å². The molecule has 0 saturated carbocycles. The molecular weight excluding hydrogens is 292 g/mol. The highest BCUT2D eigenvalue weighted by Crippen LogP contribution is 2.39. The molecule has 116 valence electrons. The summed E-state index contributed by atoms with van der Waals surface area (Å²) in [5.74, 6) is 3.28. The normalized spacial score (nSPS) is 18.0. The van der Waals surface area contributed by atoms with Crippen molar-refractivity contribution in [3.63, 3.8) is 0 Å². The molecule has 1 saturated heterocycles. The third-order valence-corrected chi connectivity index (χ3v) is 4.23. The maximum absolute atomic E-state index is 12.2. The molecule has 1 aromatic carbocycles. The summed E-state index contributed by atoms with van der Waals surface area (Å²) >= 11 is 1.77. The zero-order valence-corrected chi connectivity index (χ0v) is 13.2. The predicted molar refractivity (Wildman–Crippen MR) is 83.8 cm³/mol. The molecule has 0 bridgehead atoms. The summed E-state index contributed by atoms with van der Waals surface area (Å²) in [6.07, 6.45) is 0. The first-order chi connectivity index (χ1) is 10.2. The van der Waals surface area contributed by atoms with Crippen molar-refractivity contribution in [2.75, 3.05) is 44.7 Å². The Hall–Kier alpha value is -1.60. The SMILES string of the molecule is COc1cc(NC(=O)C2CSCCN2)cc(OC)c1OC. The second-order valence-corrected chi connectivity index (χ2v) is 5.63. The molecule has 21 heavy (non-hydrogen) atoms. The van der Waals surface area contributed by atoms with E-state index in [0.29, 0.717) is 22.9 Å². The number of carbonyl (C=O) groups excluding carboxylic acids is 1. The van der Waals surface area contributed by atoms with Crippen LogP contribution < -0.4 is 24.8 Å². The number of anilines is 1. The molecule has 1 aliphatic rings. The third-order valence-electron chi connectivity index (χ3n) is 3.17. The van der Waals surface area contributed by atoms with Gasteiger partial charge in [-0.2, -0.15) is 11.8 Å². The minimum Gasteiger partial charge on any atom is -0.493 e. The lowest BCUT2D eigenvalue weighted by atomic mass is 10.2. The standard InChI is InChI=1S/C14H20N2O4S/c1-18-11-6-9(7-12(19-2)13(11)20-3)16-14(17)10-8-21-5-4-15-10/h6-7,10,15H,4-5,8H2,1-3H3,(H,16,17). The summed E-state index contributed by atoms with van der Waals surface area (Å²) in [7, 11) is 4.63. The molecule has 6 nitrogen and oxygen atoms in total. The molecule has 0 aromatic heterocycles. The number of benzene rings is 1. The second-order valence-electron chi connectivity index (χ2n) is 4.48. The third kappa shape index (κ3) is 3.74. The van der Waals surface area contributed by atoms with Gasteiger partial charge in [-0.25, -0.2) is 0 Å². The van der Waals surface area contributed by atoms with E-state index in [1.807, 2.05) is 0 Å². The van der Waals surface area contributed by atoms with E-state index in [2.05, 4.69) is 10.6 Å².